The number of rotatable bonds is 4. The Kier molecular flexibility index (Phi) is 5.21. The Hall–Kier alpha value is -1.51. The second kappa shape index (κ2) is 6.29. The van der Waals surface area contributed by atoms with Crippen molar-refractivity contribution >= 4 is 11.6 Å². The Balaban J connectivity index is 2.57. The maximum atomic E-state index is 11.8. The number of amides is 1. The van der Waals surface area contributed by atoms with E-state index in [1.807, 2.05) is 26.8 Å². The molecule has 1 aromatic carbocycles. The second-order valence-electron chi connectivity index (χ2n) is 7.27. The van der Waals surface area contributed by atoms with Gasteiger partial charge in [0.05, 0.1) is 0 Å². The molecule has 1 rings (SSSR count). The van der Waals surface area contributed by atoms with Gasteiger partial charge >= 0.3 is 0 Å². The van der Waals surface area contributed by atoms with E-state index in [4.69, 9.17) is 0 Å². The van der Waals surface area contributed by atoms with Crippen LogP contribution in [0.1, 0.15) is 53.5 Å². The summed E-state index contributed by atoms with van der Waals surface area (Å²) in [6.45, 7) is 13.2. The average Bonchev–Trinajstić information content (AvgIpc) is 2.25. The number of benzene rings is 1. The van der Waals surface area contributed by atoms with Gasteiger partial charge in [-0.2, -0.15) is 0 Å². The van der Waals surface area contributed by atoms with E-state index in [0.29, 0.717) is 13.0 Å². The fourth-order valence-electron chi connectivity index (χ4n) is 2.08. The molecule has 0 unspecified atom stereocenters. The van der Waals surface area contributed by atoms with E-state index in [2.05, 4.69) is 49.6 Å². The van der Waals surface area contributed by atoms with Crippen molar-refractivity contribution in [2.75, 3.05) is 11.9 Å². The van der Waals surface area contributed by atoms with E-state index in [1.165, 1.54) is 5.56 Å². The Bertz CT molecular complexity index is 453. The predicted molar refractivity (Wildman–Crippen MR) is 86.1 cm³/mol. The molecule has 0 atom stereocenters. The summed E-state index contributed by atoms with van der Waals surface area (Å²) >= 11 is 0. The van der Waals surface area contributed by atoms with Crippen molar-refractivity contribution in [3.05, 3.63) is 29.8 Å². The molecular formula is C17H28N2O. The molecule has 0 spiro atoms. The molecule has 0 aliphatic heterocycles. The summed E-state index contributed by atoms with van der Waals surface area (Å²) in [6, 6.07) is 8.28. The molecule has 0 aliphatic rings. The normalized spacial score (nSPS) is 12.1. The van der Waals surface area contributed by atoms with Gasteiger partial charge in [0.15, 0.2) is 0 Å². The molecule has 3 nitrogen and oxygen atoms in total. The van der Waals surface area contributed by atoms with Gasteiger partial charge in [-0.05, 0) is 37.8 Å². The Labute approximate surface area is 123 Å². The van der Waals surface area contributed by atoms with E-state index in [-0.39, 0.29) is 16.9 Å². The molecule has 0 saturated heterocycles. The molecule has 0 aromatic heterocycles. The number of hydrogen-bond donors (Lipinski definition) is 2. The lowest BCUT2D eigenvalue weighted by Crippen LogP contribution is -2.41. The first kappa shape index (κ1) is 16.5. The summed E-state index contributed by atoms with van der Waals surface area (Å²) in [5.41, 5.74) is 2.32. The third kappa shape index (κ3) is 5.64. The average molecular weight is 276 g/mol. The first-order valence-corrected chi connectivity index (χ1v) is 7.24. The minimum atomic E-state index is -0.166. The fraction of sp³-hybridized carbons (Fsp3) is 0.588. The van der Waals surface area contributed by atoms with Crippen LogP contribution in [0.3, 0.4) is 0 Å². The van der Waals surface area contributed by atoms with Crippen molar-refractivity contribution in [1.82, 2.24) is 5.32 Å². The Morgan fingerprint density at radius 3 is 2.20 bits per heavy atom. The summed E-state index contributed by atoms with van der Waals surface area (Å²) in [5, 5.41) is 6.35. The number of carbonyl (C=O) groups is 1. The standard InChI is InChI=1S/C17H28N2O/c1-16(2,3)13-9-7-8-10-14(13)18-12-11-15(20)19-17(4,5)6/h7-10,18H,11-12H2,1-6H3,(H,19,20). The number of nitrogens with one attached hydrogen (secondary N) is 2. The summed E-state index contributed by atoms with van der Waals surface area (Å²) in [4.78, 5) is 11.8. The van der Waals surface area contributed by atoms with Crippen LogP contribution in [0.4, 0.5) is 5.69 Å². The van der Waals surface area contributed by atoms with Gasteiger partial charge in [-0.3, -0.25) is 4.79 Å². The topological polar surface area (TPSA) is 41.1 Å². The molecule has 0 radical (unpaired) electrons. The van der Waals surface area contributed by atoms with Crippen molar-refractivity contribution < 1.29 is 4.79 Å². The van der Waals surface area contributed by atoms with Crippen molar-refractivity contribution in [1.29, 1.82) is 0 Å². The van der Waals surface area contributed by atoms with Gasteiger partial charge in [-0.1, -0.05) is 39.0 Å². The lowest BCUT2D eigenvalue weighted by Gasteiger charge is -2.24. The van der Waals surface area contributed by atoms with Gasteiger partial charge in [0.25, 0.3) is 0 Å². The van der Waals surface area contributed by atoms with Gasteiger partial charge in [-0.25, -0.2) is 0 Å². The van der Waals surface area contributed by atoms with Gasteiger partial charge in [-0.15, -0.1) is 0 Å². The largest absolute Gasteiger partial charge is 0.384 e. The summed E-state index contributed by atoms with van der Waals surface area (Å²) in [5.74, 6) is 0.0817. The number of carbonyl (C=O) groups excluding carboxylic acids is 1. The molecule has 0 heterocycles. The second-order valence-corrected chi connectivity index (χ2v) is 7.27. The molecule has 0 aliphatic carbocycles. The fourth-order valence-corrected chi connectivity index (χ4v) is 2.08. The van der Waals surface area contributed by atoms with Crippen LogP contribution in [-0.4, -0.2) is 18.0 Å². The SMILES string of the molecule is CC(C)(C)NC(=O)CCNc1ccccc1C(C)(C)C. The van der Waals surface area contributed by atoms with Gasteiger partial charge in [0, 0.05) is 24.2 Å². The van der Waals surface area contributed by atoms with Crippen LogP contribution in [0.5, 0.6) is 0 Å². The molecule has 0 fully saturated rings. The van der Waals surface area contributed by atoms with Crippen molar-refractivity contribution in [3.63, 3.8) is 0 Å². The zero-order valence-corrected chi connectivity index (χ0v) is 13.6. The highest BCUT2D eigenvalue weighted by molar-refractivity contribution is 5.77. The van der Waals surface area contributed by atoms with Crippen LogP contribution in [0.2, 0.25) is 0 Å². The van der Waals surface area contributed by atoms with E-state index in [9.17, 15) is 4.79 Å². The summed E-state index contributed by atoms with van der Waals surface area (Å²) < 4.78 is 0. The molecule has 0 saturated carbocycles. The van der Waals surface area contributed by atoms with E-state index < -0.39 is 0 Å². The van der Waals surface area contributed by atoms with E-state index >= 15 is 0 Å². The molecule has 112 valence electrons. The molecule has 0 bridgehead atoms. The van der Waals surface area contributed by atoms with Crippen LogP contribution in [0, 0.1) is 0 Å². The monoisotopic (exact) mass is 276 g/mol. The third-order valence-corrected chi connectivity index (χ3v) is 2.92. The third-order valence-electron chi connectivity index (χ3n) is 2.92. The zero-order valence-electron chi connectivity index (χ0n) is 13.6. The Morgan fingerprint density at radius 2 is 1.65 bits per heavy atom. The highest BCUT2D eigenvalue weighted by atomic mass is 16.1. The van der Waals surface area contributed by atoms with Crippen LogP contribution >= 0.6 is 0 Å². The van der Waals surface area contributed by atoms with Gasteiger partial charge < -0.3 is 10.6 Å². The first-order chi connectivity index (χ1) is 9.09. The highest BCUT2D eigenvalue weighted by Gasteiger charge is 2.17. The highest BCUT2D eigenvalue weighted by Crippen LogP contribution is 2.29. The van der Waals surface area contributed by atoms with Crippen molar-refractivity contribution in [3.8, 4) is 0 Å². The first-order valence-electron chi connectivity index (χ1n) is 7.24. The Morgan fingerprint density at radius 1 is 1.05 bits per heavy atom. The molecule has 1 amide bonds. The number of para-hydroxylation sites is 1. The zero-order chi connectivity index (χ0) is 15.4. The minimum Gasteiger partial charge on any atom is -0.384 e. The molecule has 20 heavy (non-hydrogen) atoms. The molecular weight excluding hydrogens is 248 g/mol. The molecule has 1 aromatic rings. The quantitative estimate of drug-likeness (QED) is 0.880. The lowest BCUT2D eigenvalue weighted by atomic mass is 9.86. The van der Waals surface area contributed by atoms with Gasteiger partial charge in [0.1, 0.15) is 0 Å². The minimum absolute atomic E-state index is 0.0817. The van der Waals surface area contributed by atoms with Crippen LogP contribution in [-0.2, 0) is 10.2 Å². The van der Waals surface area contributed by atoms with Crippen LogP contribution in [0.25, 0.3) is 0 Å². The van der Waals surface area contributed by atoms with E-state index in [0.717, 1.165) is 5.69 Å². The number of hydrogen-bond acceptors (Lipinski definition) is 2. The lowest BCUT2D eigenvalue weighted by molar-refractivity contribution is -0.122. The maximum Gasteiger partial charge on any atom is 0.222 e. The van der Waals surface area contributed by atoms with Crippen molar-refractivity contribution in [2.24, 2.45) is 0 Å². The van der Waals surface area contributed by atoms with Gasteiger partial charge in [0.2, 0.25) is 5.91 Å². The maximum absolute atomic E-state index is 11.8. The van der Waals surface area contributed by atoms with E-state index in [1.54, 1.807) is 0 Å². The molecule has 2 N–H and O–H groups in total. The molecule has 3 heteroatoms. The summed E-state index contributed by atoms with van der Waals surface area (Å²) in [7, 11) is 0. The van der Waals surface area contributed by atoms with Crippen LogP contribution in [0.15, 0.2) is 24.3 Å². The predicted octanol–water partition coefficient (Wildman–Crippen LogP) is 3.70. The van der Waals surface area contributed by atoms with Crippen molar-refractivity contribution in [2.45, 2.75) is 58.9 Å². The number of anilines is 1. The smallest absolute Gasteiger partial charge is 0.222 e. The van der Waals surface area contributed by atoms with Crippen LogP contribution < -0.4 is 10.6 Å². The summed E-state index contributed by atoms with van der Waals surface area (Å²) in [6.07, 6.45) is 0.482.